The van der Waals surface area contributed by atoms with Crippen LogP contribution in [0.1, 0.15) is 59.3 Å². The van der Waals surface area contributed by atoms with Gasteiger partial charge in [-0.15, -0.1) is 0 Å². The third-order valence-corrected chi connectivity index (χ3v) is 4.60. The first kappa shape index (κ1) is 15.8. The van der Waals surface area contributed by atoms with Crippen LogP contribution in [0.4, 0.5) is 0 Å². The highest BCUT2D eigenvalue weighted by molar-refractivity contribution is 5.70. The lowest BCUT2D eigenvalue weighted by Crippen LogP contribution is -2.56. The summed E-state index contributed by atoms with van der Waals surface area (Å²) in [5.74, 6) is -0.123. The quantitative estimate of drug-likeness (QED) is 0.532. The molecular weight excluding hydrogens is 256 g/mol. The highest BCUT2D eigenvalue weighted by Crippen LogP contribution is 2.45. The van der Waals surface area contributed by atoms with E-state index in [0.29, 0.717) is 6.42 Å². The van der Waals surface area contributed by atoms with Crippen LogP contribution in [-0.4, -0.2) is 37.5 Å². The number of hydrogen-bond acceptors (Lipinski definition) is 4. The molecular formula is C16H28O4. The first-order chi connectivity index (χ1) is 9.54. The van der Waals surface area contributed by atoms with Crippen molar-refractivity contribution in [2.45, 2.75) is 77.6 Å². The van der Waals surface area contributed by atoms with Gasteiger partial charge in [0, 0.05) is 25.0 Å². The normalized spacial score (nSPS) is 31.9. The van der Waals surface area contributed by atoms with E-state index in [1.54, 1.807) is 0 Å². The van der Waals surface area contributed by atoms with Crippen LogP contribution in [0.15, 0.2) is 0 Å². The van der Waals surface area contributed by atoms with Crippen LogP contribution >= 0.6 is 0 Å². The number of unbranched alkanes of at least 4 members (excludes halogenated alkanes) is 1. The summed E-state index contributed by atoms with van der Waals surface area (Å²) >= 11 is 0. The molecule has 0 radical (unpaired) electrons. The van der Waals surface area contributed by atoms with Gasteiger partial charge in [-0.25, -0.2) is 0 Å². The van der Waals surface area contributed by atoms with Crippen LogP contribution in [0.3, 0.4) is 0 Å². The predicted octanol–water partition coefficient (Wildman–Crippen LogP) is 3.08. The van der Waals surface area contributed by atoms with Gasteiger partial charge in [-0.2, -0.15) is 0 Å². The molecule has 0 aromatic rings. The van der Waals surface area contributed by atoms with Crippen LogP contribution in [0.5, 0.6) is 0 Å². The molecule has 0 amide bonds. The van der Waals surface area contributed by atoms with Crippen molar-refractivity contribution in [3.05, 3.63) is 0 Å². The Morgan fingerprint density at radius 2 is 2.15 bits per heavy atom. The molecule has 0 bridgehead atoms. The molecule has 116 valence electrons. The van der Waals surface area contributed by atoms with Gasteiger partial charge in [-0.1, -0.05) is 27.2 Å². The van der Waals surface area contributed by atoms with E-state index in [0.717, 1.165) is 45.3 Å². The van der Waals surface area contributed by atoms with Gasteiger partial charge < -0.3 is 14.2 Å². The van der Waals surface area contributed by atoms with Gasteiger partial charge in [0.15, 0.2) is 0 Å². The molecule has 1 saturated heterocycles. The molecule has 3 atom stereocenters. The van der Waals surface area contributed by atoms with Crippen LogP contribution in [0.25, 0.3) is 0 Å². The molecule has 0 spiro atoms. The second kappa shape index (κ2) is 6.90. The molecule has 1 saturated carbocycles. The largest absolute Gasteiger partial charge is 0.462 e. The SMILES string of the molecule is CCCCOC1CC(OC(=O)CC2CCCO2)C1(C)C. The monoisotopic (exact) mass is 284 g/mol. The Bertz CT molecular complexity index is 320. The van der Waals surface area contributed by atoms with Crippen LogP contribution in [0.2, 0.25) is 0 Å². The minimum Gasteiger partial charge on any atom is -0.462 e. The summed E-state index contributed by atoms with van der Waals surface area (Å²) in [6.07, 6.45) is 5.77. The molecule has 0 aromatic heterocycles. The van der Waals surface area contributed by atoms with Crippen molar-refractivity contribution in [2.75, 3.05) is 13.2 Å². The van der Waals surface area contributed by atoms with Gasteiger partial charge in [0.1, 0.15) is 6.10 Å². The first-order valence-electron chi connectivity index (χ1n) is 7.96. The van der Waals surface area contributed by atoms with Crippen molar-refractivity contribution < 1.29 is 19.0 Å². The molecule has 2 fully saturated rings. The molecule has 0 aromatic carbocycles. The van der Waals surface area contributed by atoms with Gasteiger partial charge in [0.25, 0.3) is 0 Å². The van der Waals surface area contributed by atoms with Crippen molar-refractivity contribution in [1.29, 1.82) is 0 Å². The second-order valence-electron chi connectivity index (χ2n) is 6.59. The molecule has 3 unspecified atom stereocenters. The Balaban J connectivity index is 1.70. The average Bonchev–Trinajstić information content (AvgIpc) is 2.89. The summed E-state index contributed by atoms with van der Waals surface area (Å²) in [7, 11) is 0. The zero-order valence-corrected chi connectivity index (χ0v) is 13.0. The fourth-order valence-electron chi connectivity index (χ4n) is 2.90. The maximum atomic E-state index is 11.9. The smallest absolute Gasteiger partial charge is 0.308 e. The summed E-state index contributed by atoms with van der Waals surface area (Å²) in [4.78, 5) is 11.9. The minimum atomic E-state index is -0.123. The molecule has 1 aliphatic carbocycles. The highest BCUT2D eigenvalue weighted by atomic mass is 16.6. The zero-order chi connectivity index (χ0) is 14.6. The lowest BCUT2D eigenvalue weighted by atomic mass is 9.66. The number of carbonyl (C=O) groups is 1. The zero-order valence-electron chi connectivity index (χ0n) is 13.0. The van der Waals surface area contributed by atoms with Gasteiger partial charge in [0.05, 0.1) is 18.6 Å². The van der Waals surface area contributed by atoms with E-state index < -0.39 is 0 Å². The Kier molecular flexibility index (Phi) is 5.44. The van der Waals surface area contributed by atoms with Gasteiger partial charge in [-0.05, 0) is 19.3 Å². The molecule has 4 nitrogen and oxygen atoms in total. The van der Waals surface area contributed by atoms with E-state index >= 15 is 0 Å². The summed E-state index contributed by atoms with van der Waals surface area (Å²) < 4.78 is 16.9. The topological polar surface area (TPSA) is 44.8 Å². The fraction of sp³-hybridized carbons (Fsp3) is 0.938. The standard InChI is InChI=1S/C16H28O4/c1-4-5-8-19-13-11-14(16(13,2)3)20-15(17)10-12-7-6-9-18-12/h12-14H,4-11H2,1-3H3. The summed E-state index contributed by atoms with van der Waals surface area (Å²) in [6, 6.07) is 0. The average molecular weight is 284 g/mol. The summed E-state index contributed by atoms with van der Waals surface area (Å²) in [5, 5.41) is 0. The van der Waals surface area contributed by atoms with E-state index in [1.165, 1.54) is 0 Å². The van der Waals surface area contributed by atoms with Gasteiger partial charge in [-0.3, -0.25) is 4.79 Å². The van der Waals surface area contributed by atoms with E-state index in [1.807, 2.05) is 0 Å². The number of carbonyl (C=O) groups excluding carboxylic acids is 1. The maximum Gasteiger partial charge on any atom is 0.308 e. The Morgan fingerprint density at radius 1 is 1.35 bits per heavy atom. The van der Waals surface area contributed by atoms with E-state index in [2.05, 4.69) is 20.8 Å². The maximum absolute atomic E-state index is 11.9. The van der Waals surface area contributed by atoms with Crippen molar-refractivity contribution in [2.24, 2.45) is 5.41 Å². The molecule has 0 N–H and O–H groups in total. The van der Waals surface area contributed by atoms with Crippen molar-refractivity contribution in [3.8, 4) is 0 Å². The molecule has 1 heterocycles. The lowest BCUT2D eigenvalue weighted by Gasteiger charge is -2.50. The van der Waals surface area contributed by atoms with Gasteiger partial charge in [0.2, 0.25) is 0 Å². The molecule has 2 aliphatic rings. The first-order valence-corrected chi connectivity index (χ1v) is 7.96. The Hall–Kier alpha value is -0.610. The third-order valence-electron chi connectivity index (χ3n) is 4.60. The van der Waals surface area contributed by atoms with Gasteiger partial charge >= 0.3 is 5.97 Å². The van der Waals surface area contributed by atoms with Crippen molar-refractivity contribution in [3.63, 3.8) is 0 Å². The number of ether oxygens (including phenoxy) is 3. The summed E-state index contributed by atoms with van der Waals surface area (Å²) in [6.45, 7) is 7.99. The predicted molar refractivity (Wildman–Crippen MR) is 76.5 cm³/mol. The molecule has 2 rings (SSSR count). The number of esters is 1. The Morgan fingerprint density at radius 3 is 2.75 bits per heavy atom. The van der Waals surface area contributed by atoms with Crippen LogP contribution in [0, 0.1) is 5.41 Å². The molecule has 20 heavy (non-hydrogen) atoms. The summed E-state index contributed by atoms with van der Waals surface area (Å²) in [5.41, 5.74) is -0.0695. The third kappa shape index (κ3) is 3.73. The number of hydrogen-bond donors (Lipinski definition) is 0. The lowest BCUT2D eigenvalue weighted by molar-refractivity contribution is -0.204. The number of rotatable bonds is 7. The fourth-order valence-corrected chi connectivity index (χ4v) is 2.90. The van der Waals surface area contributed by atoms with Crippen LogP contribution in [-0.2, 0) is 19.0 Å². The van der Waals surface area contributed by atoms with Crippen molar-refractivity contribution >= 4 is 5.97 Å². The molecule has 4 heteroatoms. The van der Waals surface area contributed by atoms with E-state index in [9.17, 15) is 4.79 Å². The minimum absolute atomic E-state index is 0.0111. The van der Waals surface area contributed by atoms with E-state index in [-0.39, 0.29) is 29.7 Å². The second-order valence-corrected chi connectivity index (χ2v) is 6.59. The van der Waals surface area contributed by atoms with E-state index in [4.69, 9.17) is 14.2 Å². The Labute approximate surface area is 122 Å². The molecule has 1 aliphatic heterocycles. The van der Waals surface area contributed by atoms with Crippen molar-refractivity contribution in [1.82, 2.24) is 0 Å². The van der Waals surface area contributed by atoms with Crippen LogP contribution < -0.4 is 0 Å². The highest BCUT2D eigenvalue weighted by Gasteiger charge is 2.51.